The third-order valence-electron chi connectivity index (χ3n) is 2.98. The minimum absolute atomic E-state index is 0.524. The van der Waals surface area contributed by atoms with E-state index in [0.29, 0.717) is 12.2 Å². The van der Waals surface area contributed by atoms with E-state index in [4.69, 9.17) is 4.74 Å². The molecule has 0 fully saturated rings. The first kappa shape index (κ1) is 12.6. The molecule has 0 bridgehead atoms. The van der Waals surface area contributed by atoms with Gasteiger partial charge in [0.25, 0.3) is 0 Å². The highest BCUT2D eigenvalue weighted by atomic mass is 16.5. The summed E-state index contributed by atoms with van der Waals surface area (Å²) in [5, 5.41) is 10.7. The Labute approximate surface area is 107 Å². The summed E-state index contributed by atoms with van der Waals surface area (Å²) in [6.07, 6.45) is 3.98. The van der Waals surface area contributed by atoms with Crippen LogP contribution in [0.5, 0.6) is 5.75 Å². The van der Waals surface area contributed by atoms with Gasteiger partial charge in [0.15, 0.2) is 0 Å². The molecular formula is C15H17NO2. The van der Waals surface area contributed by atoms with Gasteiger partial charge in [-0.25, -0.2) is 0 Å². The van der Waals surface area contributed by atoms with Gasteiger partial charge in [-0.1, -0.05) is 18.2 Å². The number of hydrogen-bond donors (Lipinski definition) is 1. The van der Waals surface area contributed by atoms with Crippen LogP contribution in [0.4, 0.5) is 0 Å². The number of methoxy groups -OCH3 is 1. The number of benzene rings is 1. The molecule has 0 radical (unpaired) electrons. The normalized spacial score (nSPS) is 13.9. The molecule has 0 saturated carbocycles. The summed E-state index contributed by atoms with van der Waals surface area (Å²) in [6, 6.07) is 11.4. The van der Waals surface area contributed by atoms with E-state index in [1.54, 1.807) is 26.4 Å². The Morgan fingerprint density at radius 2 is 1.83 bits per heavy atom. The van der Waals surface area contributed by atoms with Crippen molar-refractivity contribution in [2.45, 2.75) is 18.9 Å². The molecule has 0 saturated heterocycles. The fraction of sp³-hybridized carbons (Fsp3) is 0.267. The molecule has 1 unspecified atom stereocenters. The Morgan fingerprint density at radius 3 is 2.50 bits per heavy atom. The lowest BCUT2D eigenvalue weighted by molar-refractivity contribution is 0.0549. The minimum Gasteiger partial charge on any atom is -0.496 e. The Balaban J connectivity index is 2.30. The Morgan fingerprint density at radius 1 is 1.17 bits per heavy atom. The minimum atomic E-state index is -0.964. The Hall–Kier alpha value is -1.87. The standard InChI is InChI=1S/C15H17NO2/c1-15(17,11-12-7-9-16-10-8-12)13-5-3-4-6-14(13)18-2/h3-10,17H,11H2,1-2H3. The summed E-state index contributed by atoms with van der Waals surface area (Å²) >= 11 is 0. The second kappa shape index (κ2) is 5.19. The van der Waals surface area contributed by atoms with Gasteiger partial charge in [0.05, 0.1) is 12.7 Å². The van der Waals surface area contributed by atoms with Crippen LogP contribution in [0.15, 0.2) is 48.8 Å². The van der Waals surface area contributed by atoms with Gasteiger partial charge in [-0.3, -0.25) is 4.98 Å². The maximum atomic E-state index is 10.7. The lowest BCUT2D eigenvalue weighted by atomic mass is 9.89. The van der Waals surface area contributed by atoms with Crippen LogP contribution in [0.25, 0.3) is 0 Å². The SMILES string of the molecule is COc1ccccc1C(C)(O)Cc1ccncc1. The van der Waals surface area contributed by atoms with E-state index in [1.807, 2.05) is 36.4 Å². The molecule has 1 aromatic heterocycles. The van der Waals surface area contributed by atoms with Gasteiger partial charge in [-0.2, -0.15) is 0 Å². The van der Waals surface area contributed by atoms with Crippen molar-refractivity contribution < 1.29 is 9.84 Å². The zero-order valence-electron chi connectivity index (χ0n) is 10.6. The number of nitrogens with zero attached hydrogens (tertiary/aromatic N) is 1. The molecule has 2 rings (SSSR count). The first-order valence-electron chi connectivity index (χ1n) is 5.88. The van der Waals surface area contributed by atoms with Crippen molar-refractivity contribution in [2.75, 3.05) is 7.11 Å². The monoisotopic (exact) mass is 243 g/mol. The topological polar surface area (TPSA) is 42.4 Å². The van der Waals surface area contributed by atoms with Gasteiger partial charge in [0.1, 0.15) is 5.75 Å². The number of rotatable bonds is 4. The average Bonchev–Trinajstić information content (AvgIpc) is 2.39. The molecule has 0 aliphatic carbocycles. The van der Waals surface area contributed by atoms with Crippen molar-refractivity contribution in [1.29, 1.82) is 0 Å². The molecule has 3 nitrogen and oxygen atoms in total. The van der Waals surface area contributed by atoms with Crippen LogP contribution < -0.4 is 4.74 Å². The second-order valence-corrected chi connectivity index (χ2v) is 4.51. The Bertz CT molecular complexity index is 509. The third-order valence-corrected chi connectivity index (χ3v) is 2.98. The first-order chi connectivity index (χ1) is 8.63. The van der Waals surface area contributed by atoms with E-state index in [0.717, 1.165) is 11.1 Å². The van der Waals surface area contributed by atoms with Gasteiger partial charge >= 0.3 is 0 Å². The number of pyridine rings is 1. The molecule has 94 valence electrons. The quantitative estimate of drug-likeness (QED) is 0.897. The number of aliphatic hydroxyl groups is 1. The highest BCUT2D eigenvalue weighted by Gasteiger charge is 2.26. The molecule has 2 aromatic rings. The number of aromatic nitrogens is 1. The molecule has 0 amide bonds. The fourth-order valence-electron chi connectivity index (χ4n) is 2.08. The maximum Gasteiger partial charge on any atom is 0.124 e. The summed E-state index contributed by atoms with van der Waals surface area (Å²) in [6.45, 7) is 1.80. The molecule has 0 aliphatic rings. The molecule has 18 heavy (non-hydrogen) atoms. The summed E-state index contributed by atoms with van der Waals surface area (Å²) in [5.74, 6) is 0.705. The predicted octanol–water partition coefficient (Wildman–Crippen LogP) is 2.54. The van der Waals surface area contributed by atoms with Crippen LogP contribution in [0.2, 0.25) is 0 Å². The first-order valence-corrected chi connectivity index (χ1v) is 5.88. The number of para-hydroxylation sites is 1. The van der Waals surface area contributed by atoms with Crippen LogP contribution in [-0.4, -0.2) is 17.2 Å². The van der Waals surface area contributed by atoms with Crippen LogP contribution in [0.1, 0.15) is 18.1 Å². The van der Waals surface area contributed by atoms with E-state index in [1.165, 1.54) is 0 Å². The molecule has 3 heteroatoms. The van der Waals surface area contributed by atoms with Gasteiger partial charge < -0.3 is 9.84 Å². The summed E-state index contributed by atoms with van der Waals surface area (Å²) in [7, 11) is 1.61. The van der Waals surface area contributed by atoms with Crippen molar-refractivity contribution in [2.24, 2.45) is 0 Å². The van der Waals surface area contributed by atoms with E-state index >= 15 is 0 Å². The highest BCUT2D eigenvalue weighted by Crippen LogP contribution is 2.32. The molecule has 1 atom stereocenters. The van der Waals surface area contributed by atoms with Gasteiger partial charge in [-0.15, -0.1) is 0 Å². The summed E-state index contributed by atoms with van der Waals surface area (Å²) in [4.78, 5) is 3.98. The van der Waals surface area contributed by atoms with Crippen LogP contribution in [-0.2, 0) is 12.0 Å². The van der Waals surface area contributed by atoms with E-state index < -0.39 is 5.60 Å². The van der Waals surface area contributed by atoms with Crippen LogP contribution >= 0.6 is 0 Å². The molecule has 1 aromatic carbocycles. The molecule has 0 spiro atoms. The fourth-order valence-corrected chi connectivity index (χ4v) is 2.08. The molecule has 1 N–H and O–H groups in total. The van der Waals surface area contributed by atoms with Gasteiger partial charge in [0.2, 0.25) is 0 Å². The zero-order chi connectivity index (χ0) is 13.0. The largest absolute Gasteiger partial charge is 0.496 e. The molecule has 1 heterocycles. The zero-order valence-corrected chi connectivity index (χ0v) is 10.6. The van der Waals surface area contributed by atoms with Gasteiger partial charge in [-0.05, 0) is 30.7 Å². The van der Waals surface area contributed by atoms with Crippen molar-refractivity contribution in [3.63, 3.8) is 0 Å². The lowest BCUT2D eigenvalue weighted by Gasteiger charge is -2.25. The Kier molecular flexibility index (Phi) is 3.63. The molecule has 0 aliphatic heterocycles. The third kappa shape index (κ3) is 2.68. The number of ether oxygens (including phenoxy) is 1. The van der Waals surface area contributed by atoms with E-state index in [-0.39, 0.29) is 0 Å². The highest BCUT2D eigenvalue weighted by molar-refractivity contribution is 5.38. The van der Waals surface area contributed by atoms with Crippen molar-refractivity contribution >= 4 is 0 Å². The van der Waals surface area contributed by atoms with Crippen molar-refractivity contribution in [1.82, 2.24) is 4.98 Å². The van der Waals surface area contributed by atoms with E-state index in [2.05, 4.69) is 4.98 Å². The smallest absolute Gasteiger partial charge is 0.124 e. The van der Waals surface area contributed by atoms with Crippen molar-refractivity contribution in [3.8, 4) is 5.75 Å². The molecular weight excluding hydrogens is 226 g/mol. The lowest BCUT2D eigenvalue weighted by Crippen LogP contribution is -2.25. The summed E-state index contributed by atoms with van der Waals surface area (Å²) < 4.78 is 5.30. The maximum absolute atomic E-state index is 10.7. The van der Waals surface area contributed by atoms with Crippen LogP contribution in [0.3, 0.4) is 0 Å². The van der Waals surface area contributed by atoms with Gasteiger partial charge in [0, 0.05) is 24.4 Å². The van der Waals surface area contributed by atoms with Crippen molar-refractivity contribution in [3.05, 3.63) is 59.9 Å². The number of hydrogen-bond acceptors (Lipinski definition) is 3. The predicted molar refractivity (Wildman–Crippen MR) is 70.5 cm³/mol. The van der Waals surface area contributed by atoms with Crippen LogP contribution in [0, 0.1) is 0 Å². The summed E-state index contributed by atoms with van der Waals surface area (Å²) in [5.41, 5.74) is 0.874. The second-order valence-electron chi connectivity index (χ2n) is 4.51. The average molecular weight is 243 g/mol. The van der Waals surface area contributed by atoms with E-state index in [9.17, 15) is 5.11 Å².